The number of rotatable bonds is 6. The van der Waals surface area contributed by atoms with Crippen molar-refractivity contribution < 1.29 is 9.53 Å². The SMILES string of the molecule is C=COC(=O)CN(C)C1=C(C=N)[C@@H](N=[N+]=N)CCC1. The van der Waals surface area contributed by atoms with Crippen LogP contribution in [-0.2, 0) is 9.53 Å². The highest BCUT2D eigenvalue weighted by molar-refractivity contribution is 5.79. The summed E-state index contributed by atoms with van der Waals surface area (Å²) in [7, 11) is 1.77. The van der Waals surface area contributed by atoms with Gasteiger partial charge < -0.3 is 15.0 Å². The van der Waals surface area contributed by atoms with Gasteiger partial charge in [0.05, 0.1) is 6.26 Å². The molecule has 0 bridgehead atoms. The Balaban J connectivity index is 2.92. The zero-order valence-electron chi connectivity index (χ0n) is 10.9. The fourth-order valence-electron chi connectivity index (χ4n) is 2.15. The quantitative estimate of drug-likeness (QED) is 0.250. The molecule has 1 atom stereocenters. The molecule has 7 nitrogen and oxygen atoms in total. The van der Waals surface area contributed by atoms with Crippen LogP contribution >= 0.6 is 0 Å². The minimum atomic E-state index is -0.404. The van der Waals surface area contributed by atoms with E-state index in [1.165, 1.54) is 6.21 Å². The van der Waals surface area contributed by atoms with Gasteiger partial charge in [-0.05, 0) is 19.3 Å². The monoisotopic (exact) mass is 264 g/mol. The van der Waals surface area contributed by atoms with Crippen LogP contribution in [-0.4, -0.2) is 36.7 Å². The van der Waals surface area contributed by atoms with Crippen molar-refractivity contribution in [2.45, 2.75) is 25.3 Å². The van der Waals surface area contributed by atoms with Crippen LogP contribution in [0.5, 0.6) is 0 Å². The van der Waals surface area contributed by atoms with Crippen molar-refractivity contribution in [3.63, 3.8) is 0 Å². The molecule has 0 aliphatic heterocycles. The standard InChI is InChI=1S/C12H18N5O2/c1-3-19-12(18)8-17(2)11-6-4-5-10(15-16-14)9(11)7-13/h3,7,10,13-14H,1,4-6,8H2,2H3/q+1/t10-/m0/s1. The van der Waals surface area contributed by atoms with Crippen LogP contribution in [0.3, 0.4) is 0 Å². The summed E-state index contributed by atoms with van der Waals surface area (Å²) >= 11 is 0. The molecule has 7 heteroatoms. The average Bonchev–Trinajstić information content (AvgIpc) is 2.39. The maximum absolute atomic E-state index is 11.4. The Bertz CT molecular complexity index is 451. The van der Waals surface area contributed by atoms with Crippen LogP contribution in [0.15, 0.2) is 29.2 Å². The molecule has 0 saturated carbocycles. The van der Waals surface area contributed by atoms with E-state index >= 15 is 0 Å². The number of likely N-dealkylation sites (N-methyl/N-ethyl adjacent to an activating group) is 1. The van der Waals surface area contributed by atoms with Crippen molar-refractivity contribution in [1.29, 1.82) is 10.9 Å². The van der Waals surface area contributed by atoms with Gasteiger partial charge in [-0.2, -0.15) is 0 Å². The van der Waals surface area contributed by atoms with Crippen molar-refractivity contribution in [3.05, 3.63) is 24.1 Å². The molecule has 0 fully saturated rings. The van der Waals surface area contributed by atoms with E-state index in [1.807, 2.05) is 0 Å². The van der Waals surface area contributed by atoms with Crippen molar-refractivity contribution in [2.75, 3.05) is 13.6 Å². The lowest BCUT2D eigenvalue weighted by atomic mass is 9.92. The van der Waals surface area contributed by atoms with Crippen LogP contribution in [0.2, 0.25) is 0 Å². The maximum atomic E-state index is 11.4. The van der Waals surface area contributed by atoms with Crippen molar-refractivity contribution >= 4 is 12.2 Å². The molecule has 1 aliphatic carbocycles. The normalized spacial score (nSPS) is 18.3. The predicted molar refractivity (Wildman–Crippen MR) is 69.6 cm³/mol. The van der Waals surface area contributed by atoms with Crippen LogP contribution in [0, 0.1) is 10.9 Å². The second kappa shape index (κ2) is 7.23. The van der Waals surface area contributed by atoms with Gasteiger partial charge in [0.25, 0.3) is 0 Å². The topological polar surface area (TPSA) is 104 Å². The minimum absolute atomic E-state index is 0.0867. The first-order valence-corrected chi connectivity index (χ1v) is 5.95. The van der Waals surface area contributed by atoms with E-state index in [0.717, 1.165) is 31.2 Å². The minimum Gasteiger partial charge on any atom is -0.434 e. The van der Waals surface area contributed by atoms with Crippen LogP contribution < -0.4 is 4.91 Å². The summed E-state index contributed by atoms with van der Waals surface area (Å²) in [5.41, 5.74) is 8.39. The summed E-state index contributed by atoms with van der Waals surface area (Å²) in [6.45, 7) is 3.42. The lowest BCUT2D eigenvalue weighted by Crippen LogP contribution is -2.31. The second-order valence-electron chi connectivity index (χ2n) is 4.18. The Labute approximate surface area is 111 Å². The van der Waals surface area contributed by atoms with E-state index in [1.54, 1.807) is 11.9 Å². The summed E-state index contributed by atoms with van der Waals surface area (Å²) < 4.78 is 4.68. The molecular formula is C12H18N5O2+. The van der Waals surface area contributed by atoms with Crippen LogP contribution in [0.4, 0.5) is 0 Å². The number of nitrogens with zero attached hydrogens (tertiary/aromatic N) is 3. The van der Waals surface area contributed by atoms with Gasteiger partial charge in [0.15, 0.2) is 6.04 Å². The number of nitrogens with one attached hydrogen (secondary N) is 2. The average molecular weight is 264 g/mol. The summed E-state index contributed by atoms with van der Waals surface area (Å²) in [6.07, 6.45) is 4.74. The van der Waals surface area contributed by atoms with Gasteiger partial charge in [-0.15, -0.1) is 0 Å². The lowest BCUT2D eigenvalue weighted by Gasteiger charge is -2.28. The number of hydrogen-bond acceptors (Lipinski definition) is 6. The van der Waals surface area contributed by atoms with Crippen molar-refractivity contribution in [1.82, 2.24) is 9.81 Å². The third-order valence-corrected chi connectivity index (χ3v) is 2.98. The molecule has 1 rings (SSSR count). The molecule has 0 heterocycles. The Morgan fingerprint density at radius 2 is 2.47 bits per heavy atom. The number of carbonyl (C=O) groups excluding carboxylic acids is 1. The molecule has 0 saturated heterocycles. The summed E-state index contributed by atoms with van der Waals surface area (Å²) in [5, 5.41) is 11.3. The number of carbonyl (C=O) groups is 1. The molecule has 0 amide bonds. The Morgan fingerprint density at radius 1 is 1.74 bits per heavy atom. The zero-order chi connectivity index (χ0) is 14.3. The summed E-state index contributed by atoms with van der Waals surface area (Å²) in [6, 6.07) is -0.267. The van der Waals surface area contributed by atoms with Crippen LogP contribution in [0.1, 0.15) is 19.3 Å². The van der Waals surface area contributed by atoms with Gasteiger partial charge in [-0.1, -0.05) is 6.58 Å². The molecule has 0 aromatic heterocycles. The molecule has 0 unspecified atom stereocenters. The van der Waals surface area contributed by atoms with Crippen LogP contribution in [0.25, 0.3) is 0 Å². The molecule has 0 aromatic rings. The Morgan fingerprint density at radius 3 is 3.05 bits per heavy atom. The third-order valence-electron chi connectivity index (χ3n) is 2.98. The summed E-state index contributed by atoms with van der Waals surface area (Å²) in [5.74, 6) is -0.404. The molecule has 0 spiro atoms. The van der Waals surface area contributed by atoms with Crippen molar-refractivity contribution in [3.8, 4) is 0 Å². The highest BCUT2D eigenvalue weighted by atomic mass is 16.5. The molecule has 102 valence electrons. The molecule has 1 aliphatic rings. The molecule has 0 aromatic carbocycles. The predicted octanol–water partition coefficient (Wildman–Crippen LogP) is 1.61. The summed E-state index contributed by atoms with van der Waals surface area (Å²) in [4.78, 5) is 16.2. The second-order valence-corrected chi connectivity index (χ2v) is 4.18. The number of esters is 1. The van der Waals surface area contributed by atoms with E-state index in [2.05, 4.69) is 21.3 Å². The first kappa shape index (κ1) is 14.8. The van der Waals surface area contributed by atoms with Gasteiger partial charge in [-0.25, -0.2) is 4.79 Å². The Hall–Kier alpha value is -2.27. The van der Waals surface area contributed by atoms with Gasteiger partial charge in [0.1, 0.15) is 17.2 Å². The largest absolute Gasteiger partial charge is 0.434 e. The van der Waals surface area contributed by atoms with E-state index in [-0.39, 0.29) is 12.6 Å². The number of ether oxygens (including phenoxy) is 1. The lowest BCUT2D eigenvalue weighted by molar-refractivity contribution is -0.138. The smallest absolute Gasteiger partial charge is 0.330 e. The third kappa shape index (κ3) is 3.86. The van der Waals surface area contributed by atoms with Gasteiger partial charge >= 0.3 is 5.97 Å². The first-order chi connectivity index (χ1) is 9.13. The highest BCUT2D eigenvalue weighted by Gasteiger charge is 2.27. The Kier molecular flexibility index (Phi) is 5.63. The molecular weight excluding hydrogens is 246 g/mol. The number of allylic oxidation sites excluding steroid dienone is 1. The van der Waals surface area contributed by atoms with E-state index in [4.69, 9.17) is 10.9 Å². The zero-order valence-corrected chi connectivity index (χ0v) is 10.9. The van der Waals surface area contributed by atoms with E-state index in [0.29, 0.717) is 5.57 Å². The number of hydrogen-bond donors (Lipinski definition) is 2. The van der Waals surface area contributed by atoms with Gasteiger partial charge in [0.2, 0.25) is 4.91 Å². The fourth-order valence-corrected chi connectivity index (χ4v) is 2.15. The first-order valence-electron chi connectivity index (χ1n) is 5.95. The van der Waals surface area contributed by atoms with E-state index < -0.39 is 5.97 Å². The highest BCUT2D eigenvalue weighted by Crippen LogP contribution is 2.27. The molecule has 0 radical (unpaired) electrons. The van der Waals surface area contributed by atoms with Gasteiger partial charge in [0, 0.05) is 24.5 Å². The van der Waals surface area contributed by atoms with Crippen molar-refractivity contribution in [2.24, 2.45) is 5.11 Å². The molecule has 19 heavy (non-hydrogen) atoms. The van der Waals surface area contributed by atoms with E-state index in [9.17, 15) is 4.79 Å². The van der Waals surface area contributed by atoms with Gasteiger partial charge in [-0.3, -0.25) is 0 Å². The maximum Gasteiger partial charge on any atom is 0.330 e. The fraction of sp³-hybridized carbons (Fsp3) is 0.500. The molecule has 2 N–H and O–H groups in total.